The Labute approximate surface area is 177 Å². The molecule has 156 valence electrons. The number of nitrogens with zero attached hydrogens (tertiary/aromatic N) is 2. The van der Waals surface area contributed by atoms with Crippen molar-refractivity contribution in [3.63, 3.8) is 0 Å². The molecule has 2 aromatic rings. The van der Waals surface area contributed by atoms with E-state index in [9.17, 15) is 18.7 Å². The van der Waals surface area contributed by atoms with E-state index in [4.69, 9.17) is 11.6 Å². The van der Waals surface area contributed by atoms with Gasteiger partial charge in [-0.3, -0.25) is 13.9 Å². The smallest absolute Gasteiger partial charge is 0.253 e. The lowest BCUT2D eigenvalue weighted by Gasteiger charge is -2.23. The van der Waals surface area contributed by atoms with E-state index in [2.05, 4.69) is 9.62 Å². The summed E-state index contributed by atoms with van der Waals surface area (Å²) >= 11 is 3.79. The Bertz CT molecular complexity index is 907. The number of carbonyl (C=O) groups is 1. The number of nitrogens with one attached hydrogen (secondary N) is 1. The van der Waals surface area contributed by atoms with Crippen LogP contribution in [0.4, 0.5) is 5.69 Å². The topological polar surface area (TPSA) is 95.9 Å². The van der Waals surface area contributed by atoms with Crippen LogP contribution in [-0.2, 0) is 17.8 Å². The lowest BCUT2D eigenvalue weighted by atomic mass is 10.1. The van der Waals surface area contributed by atoms with Crippen molar-refractivity contribution in [3.05, 3.63) is 58.1 Å². The molecule has 1 unspecified atom stereocenters. The molecule has 1 amide bonds. The Morgan fingerprint density at radius 3 is 2.62 bits per heavy atom. The molecule has 0 aliphatic carbocycles. The number of hydrogen-bond donors (Lipinski definition) is 2. The first kappa shape index (κ1) is 21.6. The van der Waals surface area contributed by atoms with E-state index in [1.54, 1.807) is 41.3 Å². The van der Waals surface area contributed by atoms with Crippen LogP contribution in [0.5, 0.6) is 5.75 Å². The van der Waals surface area contributed by atoms with E-state index in [-0.39, 0.29) is 11.7 Å². The number of anilines is 1. The highest BCUT2D eigenvalue weighted by molar-refractivity contribution is 7.80. The van der Waals surface area contributed by atoms with Gasteiger partial charge in [-0.2, -0.15) is 0 Å². The lowest BCUT2D eigenvalue weighted by Crippen LogP contribution is -2.35. The van der Waals surface area contributed by atoms with Crippen LogP contribution in [0.25, 0.3) is 0 Å². The molecule has 1 aliphatic heterocycles. The minimum absolute atomic E-state index is 0.0807. The maximum Gasteiger partial charge on any atom is 0.253 e. The molecule has 29 heavy (non-hydrogen) atoms. The summed E-state index contributed by atoms with van der Waals surface area (Å²) in [6, 6.07) is 9.84. The van der Waals surface area contributed by atoms with Crippen LogP contribution in [0.3, 0.4) is 0 Å². The van der Waals surface area contributed by atoms with Gasteiger partial charge in [-0.25, -0.2) is 0 Å². The summed E-state index contributed by atoms with van der Waals surface area (Å²) in [5.41, 5.74) is 2.54. The largest absolute Gasteiger partial charge is 0.755 e. The molecule has 2 aromatic carbocycles. The van der Waals surface area contributed by atoms with E-state index in [0.29, 0.717) is 42.5 Å². The number of benzene rings is 2. The molecular formula is C20H23ClN3O4S-. The van der Waals surface area contributed by atoms with E-state index in [0.717, 1.165) is 24.1 Å². The van der Waals surface area contributed by atoms with Gasteiger partial charge in [0, 0.05) is 65.8 Å². The minimum atomic E-state index is -2.39. The second kappa shape index (κ2) is 9.58. The molecule has 0 saturated carbocycles. The molecule has 1 fully saturated rings. The van der Waals surface area contributed by atoms with Crippen molar-refractivity contribution in [2.75, 3.05) is 30.9 Å². The minimum Gasteiger partial charge on any atom is -0.755 e. The van der Waals surface area contributed by atoms with E-state index in [1.165, 1.54) is 0 Å². The molecule has 3 rings (SSSR count). The van der Waals surface area contributed by atoms with Crippen LogP contribution >= 0.6 is 11.6 Å². The third kappa shape index (κ3) is 5.70. The van der Waals surface area contributed by atoms with Crippen LogP contribution in [-0.4, -0.2) is 55.8 Å². The molecule has 0 radical (unpaired) electrons. The van der Waals surface area contributed by atoms with Gasteiger partial charge < -0.3 is 19.3 Å². The number of rotatable bonds is 5. The summed E-state index contributed by atoms with van der Waals surface area (Å²) in [6.45, 7) is 5.13. The van der Waals surface area contributed by atoms with Crippen LogP contribution in [0, 0.1) is 6.92 Å². The zero-order chi connectivity index (χ0) is 21.0. The van der Waals surface area contributed by atoms with Gasteiger partial charge in [-0.05, 0) is 55.3 Å². The molecule has 0 spiro atoms. The summed E-state index contributed by atoms with van der Waals surface area (Å²) < 4.78 is 23.6. The van der Waals surface area contributed by atoms with E-state index >= 15 is 0 Å². The molecule has 1 saturated heterocycles. The summed E-state index contributed by atoms with van der Waals surface area (Å²) in [6.07, 6.45) is 0.820. The number of halogens is 1. The molecular weight excluding hydrogens is 414 g/mol. The third-order valence-corrected chi connectivity index (χ3v) is 5.77. The Balaban J connectivity index is 1.61. The van der Waals surface area contributed by atoms with Crippen molar-refractivity contribution >= 4 is 34.5 Å². The Morgan fingerprint density at radius 2 is 1.93 bits per heavy atom. The molecule has 1 atom stereocenters. The number of aromatic hydroxyl groups is 1. The highest BCUT2D eigenvalue weighted by Gasteiger charge is 2.21. The summed E-state index contributed by atoms with van der Waals surface area (Å²) in [4.78, 5) is 16.8. The van der Waals surface area contributed by atoms with Gasteiger partial charge in [0.05, 0.1) is 0 Å². The fourth-order valence-electron chi connectivity index (χ4n) is 3.37. The van der Waals surface area contributed by atoms with Crippen molar-refractivity contribution in [1.82, 2.24) is 9.80 Å². The first-order chi connectivity index (χ1) is 13.8. The third-order valence-electron chi connectivity index (χ3n) is 4.96. The lowest BCUT2D eigenvalue weighted by molar-refractivity contribution is 0.0761. The van der Waals surface area contributed by atoms with Gasteiger partial charge >= 0.3 is 0 Å². The zero-order valence-electron chi connectivity index (χ0n) is 16.1. The molecule has 1 heterocycles. The maximum absolute atomic E-state index is 12.8. The number of phenols is 1. The highest BCUT2D eigenvalue weighted by Crippen LogP contribution is 2.27. The van der Waals surface area contributed by atoms with Crippen LogP contribution < -0.4 is 4.72 Å². The number of amides is 1. The van der Waals surface area contributed by atoms with Gasteiger partial charge in [0.1, 0.15) is 5.75 Å². The molecule has 1 aliphatic rings. The molecule has 0 aromatic heterocycles. The number of hydrogen-bond acceptors (Lipinski definition) is 5. The molecule has 7 nitrogen and oxygen atoms in total. The van der Waals surface area contributed by atoms with Gasteiger partial charge in [0.25, 0.3) is 5.91 Å². The summed E-state index contributed by atoms with van der Waals surface area (Å²) in [5, 5.41) is 10.8. The van der Waals surface area contributed by atoms with Crippen molar-refractivity contribution in [1.29, 1.82) is 0 Å². The fraction of sp³-hybridized carbons (Fsp3) is 0.350. The second-order valence-electron chi connectivity index (χ2n) is 7.07. The van der Waals surface area contributed by atoms with Crippen LogP contribution in [0.15, 0.2) is 36.4 Å². The van der Waals surface area contributed by atoms with Gasteiger partial charge in [0.15, 0.2) is 0 Å². The number of aryl methyl sites for hydroxylation is 1. The molecule has 2 N–H and O–H groups in total. The van der Waals surface area contributed by atoms with E-state index < -0.39 is 11.3 Å². The van der Waals surface area contributed by atoms with Crippen molar-refractivity contribution < 1.29 is 18.7 Å². The Morgan fingerprint density at radius 1 is 1.21 bits per heavy atom. The summed E-state index contributed by atoms with van der Waals surface area (Å²) in [5.74, 6) is 0.152. The average Bonchev–Trinajstić information content (AvgIpc) is 2.91. The van der Waals surface area contributed by atoms with Crippen molar-refractivity contribution in [2.24, 2.45) is 0 Å². The summed E-state index contributed by atoms with van der Waals surface area (Å²) in [7, 11) is 0. The first-order valence-corrected chi connectivity index (χ1v) is 10.7. The number of carbonyl (C=O) groups excluding carboxylic acids is 1. The van der Waals surface area contributed by atoms with Crippen LogP contribution in [0.2, 0.25) is 5.02 Å². The monoisotopic (exact) mass is 436 g/mol. The molecule has 9 heteroatoms. The Hall–Kier alpha value is -2.13. The SMILES string of the molecule is Cc1cc(O)c(CN2CCCN(C(=O)c3ccc(NS(=O)[O-])cc3)CC2)cc1Cl. The van der Waals surface area contributed by atoms with Crippen LogP contribution in [0.1, 0.15) is 27.9 Å². The predicted octanol–water partition coefficient (Wildman–Crippen LogP) is 2.91. The fourth-order valence-corrected chi connectivity index (χ4v) is 3.88. The van der Waals surface area contributed by atoms with Crippen molar-refractivity contribution in [2.45, 2.75) is 19.9 Å². The first-order valence-electron chi connectivity index (χ1n) is 9.29. The Kier molecular flexibility index (Phi) is 7.13. The van der Waals surface area contributed by atoms with Crippen molar-refractivity contribution in [3.8, 4) is 5.75 Å². The highest BCUT2D eigenvalue weighted by atomic mass is 35.5. The average molecular weight is 437 g/mol. The van der Waals surface area contributed by atoms with Gasteiger partial charge in [0.2, 0.25) is 0 Å². The standard InChI is InChI=1S/C20H24ClN3O4S/c1-14-11-19(25)16(12-18(14)21)13-23-7-2-8-24(10-9-23)20(26)15-3-5-17(6-4-15)22-29(27)28/h3-6,11-12,22,25H,2,7-10,13H2,1H3,(H,27,28)/p-1. The quantitative estimate of drug-likeness (QED) is 0.702. The second-order valence-corrected chi connectivity index (χ2v) is 8.15. The zero-order valence-corrected chi connectivity index (χ0v) is 17.6. The molecule has 0 bridgehead atoms. The van der Waals surface area contributed by atoms with E-state index in [1.807, 2.05) is 6.92 Å². The normalized spacial score (nSPS) is 16.3. The number of phenolic OH excluding ortho intramolecular Hbond substituents is 1. The van der Waals surface area contributed by atoms with Gasteiger partial charge in [-0.1, -0.05) is 11.6 Å². The van der Waals surface area contributed by atoms with Gasteiger partial charge in [-0.15, -0.1) is 0 Å². The predicted molar refractivity (Wildman–Crippen MR) is 113 cm³/mol. The maximum atomic E-state index is 12.8.